The van der Waals surface area contributed by atoms with Crippen LogP contribution < -0.4 is 0 Å². The number of carbonyl (C=O) groups excluding carboxylic acids is 3. The molecule has 3 heterocycles. The molecule has 0 aromatic heterocycles. The molecule has 0 aliphatic carbocycles. The first-order valence-corrected chi connectivity index (χ1v) is 13.8. The molecule has 8 heteroatoms. The van der Waals surface area contributed by atoms with E-state index in [4.69, 9.17) is 9.84 Å². The first-order chi connectivity index (χ1) is 16.7. The molecule has 0 aromatic rings. The predicted octanol–water partition coefficient (Wildman–Crippen LogP) is 3.56. The molecule has 1 spiro atoms. The predicted molar refractivity (Wildman–Crippen MR) is 139 cm³/mol. The average Bonchev–Trinajstić information content (AvgIpc) is 3.37. The molecule has 196 valence electrons. The van der Waals surface area contributed by atoms with E-state index in [0.29, 0.717) is 19.5 Å². The first kappa shape index (κ1) is 27.8. The van der Waals surface area contributed by atoms with E-state index in [-0.39, 0.29) is 37.0 Å². The summed E-state index contributed by atoms with van der Waals surface area (Å²) >= 11 is 1.68. The molecule has 3 aliphatic rings. The fraction of sp³-hybridized carbons (Fsp3) is 0.741. The summed E-state index contributed by atoms with van der Waals surface area (Å²) < 4.78 is 4.55. The van der Waals surface area contributed by atoms with Crippen molar-refractivity contribution in [1.29, 1.82) is 0 Å². The van der Waals surface area contributed by atoms with Gasteiger partial charge < -0.3 is 19.6 Å². The summed E-state index contributed by atoms with van der Waals surface area (Å²) in [4.78, 5) is 45.0. The lowest BCUT2D eigenvalue weighted by Gasteiger charge is -2.38. The largest absolute Gasteiger partial charge is 0.465 e. The minimum Gasteiger partial charge on any atom is -0.465 e. The van der Waals surface area contributed by atoms with Crippen molar-refractivity contribution in [3.8, 4) is 0 Å². The number of ether oxygens (including phenoxy) is 1. The third-order valence-electron chi connectivity index (χ3n) is 7.87. The lowest BCUT2D eigenvalue weighted by atomic mass is 9.66. The number of unbranched alkanes of at least 4 members (excludes halogenated alkanes) is 3. The van der Waals surface area contributed by atoms with E-state index in [0.717, 1.165) is 38.5 Å². The molecule has 0 saturated carbocycles. The molecule has 3 aliphatic heterocycles. The minimum absolute atomic E-state index is 0.0312. The Kier molecular flexibility index (Phi) is 9.13. The number of carbonyl (C=O) groups is 3. The normalized spacial score (nSPS) is 31.1. The highest BCUT2D eigenvalue weighted by Gasteiger charge is 2.77. The third-order valence-corrected chi connectivity index (χ3v) is 9.86. The van der Waals surface area contributed by atoms with Crippen LogP contribution in [0.4, 0.5) is 0 Å². The van der Waals surface area contributed by atoms with Crippen molar-refractivity contribution in [1.82, 2.24) is 9.80 Å². The number of likely N-dealkylation sites (tertiary alicyclic amines) is 1. The molecule has 0 radical (unpaired) electrons. The molecule has 3 fully saturated rings. The number of nitrogens with zero attached hydrogens (tertiary/aromatic N) is 2. The highest BCUT2D eigenvalue weighted by molar-refractivity contribution is 8.02. The van der Waals surface area contributed by atoms with Crippen LogP contribution in [-0.2, 0) is 19.1 Å². The monoisotopic (exact) mass is 506 g/mol. The standard InChI is InChI=1S/C27H42N2O5S/c1-6-8-18-34-25(33)21-20-23(31)29(16-11-9-10-12-17-30)22(24(32)28(15-7-2)19(3)4)27(20)14-13-26(21,5)35-27/h6-7,19-22,30H,1-2,8-18H2,3-5H3/t20-,21+,22?,26-,27?/m0/s1. The van der Waals surface area contributed by atoms with Crippen LogP contribution in [0.15, 0.2) is 25.3 Å². The Morgan fingerprint density at radius 2 is 1.94 bits per heavy atom. The van der Waals surface area contributed by atoms with Gasteiger partial charge in [0.25, 0.3) is 0 Å². The fourth-order valence-electron chi connectivity index (χ4n) is 6.23. The molecule has 35 heavy (non-hydrogen) atoms. The van der Waals surface area contributed by atoms with Gasteiger partial charge in [0.05, 0.1) is 23.2 Å². The van der Waals surface area contributed by atoms with Gasteiger partial charge in [-0.3, -0.25) is 14.4 Å². The summed E-state index contributed by atoms with van der Waals surface area (Å²) in [5.41, 5.74) is 0. The Morgan fingerprint density at radius 1 is 1.23 bits per heavy atom. The van der Waals surface area contributed by atoms with Crippen LogP contribution in [0.2, 0.25) is 0 Å². The maximum Gasteiger partial charge on any atom is 0.311 e. The summed E-state index contributed by atoms with van der Waals surface area (Å²) in [5.74, 6) is -1.57. The second kappa shape index (κ2) is 11.5. The zero-order chi connectivity index (χ0) is 25.8. The topological polar surface area (TPSA) is 87.1 Å². The molecular weight excluding hydrogens is 464 g/mol. The Labute approximate surface area is 214 Å². The number of aliphatic hydroxyl groups excluding tert-OH is 1. The van der Waals surface area contributed by atoms with Crippen LogP contribution >= 0.6 is 11.8 Å². The Hall–Kier alpha value is -1.80. The van der Waals surface area contributed by atoms with Gasteiger partial charge in [-0.15, -0.1) is 24.9 Å². The second-order valence-electron chi connectivity index (χ2n) is 10.5. The van der Waals surface area contributed by atoms with Crippen molar-refractivity contribution in [3.05, 3.63) is 25.3 Å². The Balaban J connectivity index is 1.95. The Morgan fingerprint density at radius 3 is 2.57 bits per heavy atom. The molecule has 3 rings (SSSR count). The van der Waals surface area contributed by atoms with Crippen molar-refractivity contribution in [2.75, 3.05) is 26.3 Å². The number of fused-ring (bicyclic) bond motifs is 1. The van der Waals surface area contributed by atoms with Gasteiger partial charge in [0.2, 0.25) is 11.8 Å². The quantitative estimate of drug-likeness (QED) is 0.220. The molecule has 7 nitrogen and oxygen atoms in total. The zero-order valence-corrected chi connectivity index (χ0v) is 22.4. The van der Waals surface area contributed by atoms with E-state index < -0.39 is 27.4 Å². The van der Waals surface area contributed by atoms with E-state index in [9.17, 15) is 14.4 Å². The number of hydrogen-bond donors (Lipinski definition) is 1. The Bertz CT molecular complexity index is 832. The molecular formula is C27H42N2O5S. The van der Waals surface area contributed by atoms with Crippen molar-refractivity contribution >= 4 is 29.5 Å². The molecule has 3 saturated heterocycles. The van der Waals surface area contributed by atoms with Crippen molar-refractivity contribution in [3.63, 3.8) is 0 Å². The highest BCUT2D eigenvalue weighted by Crippen LogP contribution is 2.71. The van der Waals surface area contributed by atoms with Gasteiger partial charge in [0.15, 0.2) is 0 Å². The summed E-state index contributed by atoms with van der Waals surface area (Å²) in [6, 6.07) is -0.630. The van der Waals surface area contributed by atoms with Gasteiger partial charge in [0.1, 0.15) is 6.04 Å². The van der Waals surface area contributed by atoms with E-state index in [1.807, 2.05) is 13.8 Å². The lowest BCUT2D eigenvalue weighted by molar-refractivity contribution is -0.155. The first-order valence-electron chi connectivity index (χ1n) is 13.0. The molecule has 5 atom stereocenters. The van der Waals surface area contributed by atoms with Crippen LogP contribution in [0.3, 0.4) is 0 Å². The molecule has 0 aromatic carbocycles. The SMILES string of the molecule is C=CCCOC(=O)[C@H]1[C@H]2C(=O)N(CCCCCCO)C(C(=O)N(CC=C)C(C)C)C23CC[C@]1(C)S3. The maximum absolute atomic E-state index is 14.1. The lowest BCUT2D eigenvalue weighted by Crippen LogP contribution is -2.56. The van der Waals surface area contributed by atoms with E-state index in [2.05, 4.69) is 20.1 Å². The van der Waals surface area contributed by atoms with Crippen LogP contribution in [0.25, 0.3) is 0 Å². The number of hydrogen-bond acceptors (Lipinski definition) is 6. The summed E-state index contributed by atoms with van der Waals surface area (Å²) in [6.07, 6.45) is 8.76. The number of esters is 1. The number of rotatable bonds is 14. The number of amides is 2. The maximum atomic E-state index is 14.1. The molecule has 2 bridgehead atoms. The smallest absolute Gasteiger partial charge is 0.311 e. The van der Waals surface area contributed by atoms with Crippen molar-refractivity contribution in [2.24, 2.45) is 11.8 Å². The third kappa shape index (κ3) is 5.06. The van der Waals surface area contributed by atoms with Gasteiger partial charge in [-0.2, -0.15) is 0 Å². The van der Waals surface area contributed by atoms with Gasteiger partial charge in [-0.1, -0.05) is 25.0 Å². The molecule has 1 N–H and O–H groups in total. The average molecular weight is 507 g/mol. The summed E-state index contributed by atoms with van der Waals surface area (Å²) in [6.45, 7) is 14.8. The molecule has 2 unspecified atom stereocenters. The van der Waals surface area contributed by atoms with Crippen molar-refractivity contribution in [2.45, 2.75) is 87.3 Å². The van der Waals surface area contributed by atoms with E-state index in [1.165, 1.54) is 0 Å². The van der Waals surface area contributed by atoms with Gasteiger partial charge in [0, 0.05) is 30.5 Å². The van der Waals surface area contributed by atoms with Gasteiger partial charge in [-0.25, -0.2) is 0 Å². The summed E-state index contributed by atoms with van der Waals surface area (Å²) in [5, 5.41) is 9.08. The number of aliphatic hydroxyl groups is 1. The van der Waals surface area contributed by atoms with Crippen LogP contribution in [0, 0.1) is 11.8 Å². The van der Waals surface area contributed by atoms with E-state index in [1.54, 1.807) is 33.7 Å². The molecule has 2 amide bonds. The van der Waals surface area contributed by atoms with Crippen LogP contribution in [0.5, 0.6) is 0 Å². The minimum atomic E-state index is -0.621. The number of thioether (sulfide) groups is 1. The van der Waals surface area contributed by atoms with Crippen molar-refractivity contribution < 1.29 is 24.2 Å². The van der Waals surface area contributed by atoms with Crippen LogP contribution in [-0.4, -0.2) is 80.6 Å². The summed E-state index contributed by atoms with van der Waals surface area (Å²) in [7, 11) is 0. The van der Waals surface area contributed by atoms with Crippen LogP contribution in [0.1, 0.15) is 65.7 Å². The van der Waals surface area contributed by atoms with Gasteiger partial charge >= 0.3 is 5.97 Å². The second-order valence-corrected chi connectivity index (χ2v) is 12.4. The van der Waals surface area contributed by atoms with E-state index >= 15 is 0 Å². The van der Waals surface area contributed by atoms with Gasteiger partial charge in [-0.05, 0) is 52.9 Å². The highest BCUT2D eigenvalue weighted by atomic mass is 32.2. The zero-order valence-electron chi connectivity index (χ0n) is 21.5. The fourth-order valence-corrected chi connectivity index (χ4v) is 8.57.